The molecule has 0 fully saturated rings. The van der Waals surface area contributed by atoms with Gasteiger partial charge in [0.2, 0.25) is 5.82 Å². The number of carboxylic acid groups (broad SMARTS) is 1. The van der Waals surface area contributed by atoms with Crippen LogP contribution in [0.4, 0.5) is 0 Å². The fraction of sp³-hybridized carbons (Fsp3) is 0.273. The fourth-order valence-corrected chi connectivity index (χ4v) is 2.17. The van der Waals surface area contributed by atoms with E-state index in [1.165, 1.54) is 10.9 Å². The third-order valence-electron chi connectivity index (χ3n) is 2.37. The Morgan fingerprint density at radius 1 is 1.53 bits per heavy atom. The Morgan fingerprint density at radius 3 is 2.84 bits per heavy atom. The van der Waals surface area contributed by atoms with Gasteiger partial charge in [0, 0.05) is 4.47 Å². The fourth-order valence-electron chi connectivity index (χ4n) is 1.60. The van der Waals surface area contributed by atoms with E-state index >= 15 is 0 Å². The van der Waals surface area contributed by atoms with Crippen molar-refractivity contribution in [3.05, 3.63) is 33.6 Å². The first kappa shape index (κ1) is 13.5. The summed E-state index contributed by atoms with van der Waals surface area (Å²) >= 11 is 3.26. The smallest absolute Gasteiger partial charge is 0.339 e. The Balaban J connectivity index is 2.26. The maximum Gasteiger partial charge on any atom is 0.339 e. The van der Waals surface area contributed by atoms with E-state index in [0.717, 1.165) is 5.56 Å². The van der Waals surface area contributed by atoms with E-state index in [1.807, 2.05) is 0 Å². The quantitative estimate of drug-likeness (QED) is 0.916. The molecule has 0 aliphatic heterocycles. The molecule has 0 saturated carbocycles. The summed E-state index contributed by atoms with van der Waals surface area (Å²) in [7, 11) is 1.64. The number of carbonyl (C=O) groups is 1. The molecule has 0 aliphatic rings. The van der Waals surface area contributed by atoms with Gasteiger partial charge >= 0.3 is 5.97 Å². The number of rotatable bonds is 4. The highest BCUT2D eigenvalue weighted by Gasteiger charge is 2.16. The van der Waals surface area contributed by atoms with Crippen LogP contribution in [0.25, 0.3) is 0 Å². The number of aryl methyl sites for hydroxylation is 2. The van der Waals surface area contributed by atoms with Gasteiger partial charge in [0.05, 0.1) is 7.05 Å². The first-order chi connectivity index (χ1) is 8.97. The minimum atomic E-state index is -1.05. The third-order valence-corrected chi connectivity index (χ3v) is 2.82. The van der Waals surface area contributed by atoms with Crippen LogP contribution >= 0.6 is 15.9 Å². The van der Waals surface area contributed by atoms with E-state index in [9.17, 15) is 4.79 Å². The van der Waals surface area contributed by atoms with Crippen LogP contribution in [0, 0.1) is 6.92 Å². The lowest BCUT2D eigenvalue weighted by atomic mass is 10.1. The number of hydrogen-bond acceptors (Lipinski definition) is 5. The first-order valence-electron chi connectivity index (χ1n) is 5.36. The van der Waals surface area contributed by atoms with Crippen molar-refractivity contribution < 1.29 is 14.6 Å². The summed E-state index contributed by atoms with van der Waals surface area (Å²) in [6.45, 7) is 1.84. The Bertz CT molecular complexity index is 626. The zero-order valence-electron chi connectivity index (χ0n) is 10.3. The molecule has 0 radical (unpaired) electrons. The molecule has 2 rings (SSSR count). The molecule has 19 heavy (non-hydrogen) atoms. The molecule has 1 aromatic carbocycles. The monoisotopic (exact) mass is 326 g/mol. The van der Waals surface area contributed by atoms with Crippen molar-refractivity contribution in [2.24, 2.45) is 7.05 Å². The van der Waals surface area contributed by atoms with Crippen LogP contribution in [0.3, 0.4) is 0 Å². The van der Waals surface area contributed by atoms with Crippen LogP contribution in [-0.4, -0.2) is 31.3 Å². The van der Waals surface area contributed by atoms with E-state index in [2.05, 4.69) is 31.3 Å². The highest BCUT2D eigenvalue weighted by molar-refractivity contribution is 9.10. The van der Waals surface area contributed by atoms with Crippen LogP contribution in [0.5, 0.6) is 5.75 Å². The minimum absolute atomic E-state index is 0.0661. The van der Waals surface area contributed by atoms with Gasteiger partial charge in [-0.1, -0.05) is 15.9 Å². The van der Waals surface area contributed by atoms with Gasteiger partial charge in [0.15, 0.2) is 6.61 Å². The third kappa shape index (κ3) is 3.08. The van der Waals surface area contributed by atoms with Crippen LogP contribution in [0.1, 0.15) is 21.7 Å². The molecule has 1 heterocycles. The molecule has 100 valence electrons. The molecule has 0 bridgehead atoms. The van der Waals surface area contributed by atoms with Crippen LogP contribution in [-0.2, 0) is 13.7 Å². The SMILES string of the molecule is Cc1cc(Br)cc(C(=O)O)c1OCc1nnn(C)n1. The maximum atomic E-state index is 11.2. The number of ether oxygens (including phenoxy) is 1. The van der Waals surface area contributed by atoms with E-state index < -0.39 is 5.97 Å². The molecule has 1 aromatic heterocycles. The maximum absolute atomic E-state index is 11.2. The zero-order valence-corrected chi connectivity index (χ0v) is 11.9. The van der Waals surface area contributed by atoms with Gasteiger partial charge < -0.3 is 9.84 Å². The lowest BCUT2D eigenvalue weighted by molar-refractivity contribution is 0.0691. The molecule has 1 N–H and O–H groups in total. The van der Waals surface area contributed by atoms with Crippen molar-refractivity contribution in [2.75, 3.05) is 0 Å². The highest BCUT2D eigenvalue weighted by atomic mass is 79.9. The molecule has 0 amide bonds. The van der Waals surface area contributed by atoms with Crippen molar-refractivity contribution in [3.8, 4) is 5.75 Å². The Labute approximate surface area is 117 Å². The molecule has 0 saturated heterocycles. The number of aromatic nitrogens is 4. The number of carboxylic acids is 1. The number of tetrazole rings is 1. The molecular weight excluding hydrogens is 316 g/mol. The number of aromatic carboxylic acids is 1. The Kier molecular flexibility index (Phi) is 3.79. The molecule has 8 heteroatoms. The molecular formula is C11H11BrN4O3. The van der Waals surface area contributed by atoms with Gasteiger partial charge in [-0.3, -0.25) is 0 Å². The molecule has 2 aromatic rings. The lowest BCUT2D eigenvalue weighted by Gasteiger charge is -2.11. The summed E-state index contributed by atoms with van der Waals surface area (Å²) < 4.78 is 6.19. The second-order valence-electron chi connectivity index (χ2n) is 3.89. The van der Waals surface area contributed by atoms with Crippen molar-refractivity contribution in [2.45, 2.75) is 13.5 Å². The number of halogens is 1. The normalized spacial score (nSPS) is 10.5. The molecule has 0 atom stereocenters. The van der Waals surface area contributed by atoms with Crippen LogP contribution < -0.4 is 4.74 Å². The molecule has 0 unspecified atom stereocenters. The first-order valence-corrected chi connectivity index (χ1v) is 6.16. The van der Waals surface area contributed by atoms with Crippen molar-refractivity contribution in [3.63, 3.8) is 0 Å². The summed E-state index contributed by atoms with van der Waals surface area (Å²) in [5, 5.41) is 20.6. The van der Waals surface area contributed by atoms with Crippen LogP contribution in [0.15, 0.2) is 16.6 Å². The second kappa shape index (κ2) is 5.35. The second-order valence-corrected chi connectivity index (χ2v) is 4.80. The van der Waals surface area contributed by atoms with Gasteiger partial charge in [-0.15, -0.1) is 10.2 Å². The van der Waals surface area contributed by atoms with Crippen molar-refractivity contribution in [1.82, 2.24) is 20.2 Å². The van der Waals surface area contributed by atoms with E-state index in [0.29, 0.717) is 16.0 Å². The van der Waals surface area contributed by atoms with Crippen molar-refractivity contribution in [1.29, 1.82) is 0 Å². The van der Waals surface area contributed by atoms with Gasteiger partial charge in [-0.05, 0) is 29.8 Å². The van der Waals surface area contributed by atoms with E-state index in [1.54, 1.807) is 20.0 Å². The van der Waals surface area contributed by atoms with Gasteiger partial charge in [-0.25, -0.2) is 4.79 Å². The van der Waals surface area contributed by atoms with Gasteiger partial charge in [-0.2, -0.15) is 4.80 Å². The summed E-state index contributed by atoms with van der Waals surface area (Å²) in [6.07, 6.45) is 0. The topological polar surface area (TPSA) is 90.1 Å². The Hall–Kier alpha value is -1.96. The number of nitrogens with zero attached hydrogens (tertiary/aromatic N) is 4. The van der Waals surface area contributed by atoms with E-state index in [4.69, 9.17) is 9.84 Å². The lowest BCUT2D eigenvalue weighted by Crippen LogP contribution is -2.06. The molecule has 0 spiro atoms. The number of benzene rings is 1. The average molecular weight is 327 g/mol. The summed E-state index contributed by atoms with van der Waals surface area (Å²) in [5.41, 5.74) is 0.812. The van der Waals surface area contributed by atoms with Gasteiger partial charge in [0.1, 0.15) is 11.3 Å². The predicted octanol–water partition coefficient (Wildman–Crippen LogP) is 1.56. The van der Waals surface area contributed by atoms with Gasteiger partial charge in [0.25, 0.3) is 0 Å². The van der Waals surface area contributed by atoms with Crippen molar-refractivity contribution >= 4 is 21.9 Å². The number of hydrogen-bond donors (Lipinski definition) is 1. The average Bonchev–Trinajstić information content (AvgIpc) is 2.73. The summed E-state index contributed by atoms with van der Waals surface area (Å²) in [6, 6.07) is 3.28. The zero-order chi connectivity index (χ0) is 14.0. The molecule has 0 aliphatic carbocycles. The Morgan fingerprint density at radius 2 is 2.26 bits per heavy atom. The predicted molar refractivity (Wildman–Crippen MR) is 69.0 cm³/mol. The summed E-state index contributed by atoms with van der Waals surface area (Å²) in [5.74, 6) is -0.351. The van der Waals surface area contributed by atoms with E-state index in [-0.39, 0.29) is 12.2 Å². The van der Waals surface area contributed by atoms with Crippen LogP contribution in [0.2, 0.25) is 0 Å². The minimum Gasteiger partial charge on any atom is -0.484 e. The molecule has 7 nitrogen and oxygen atoms in total. The standard InChI is InChI=1S/C11H11BrN4O3/c1-6-3-7(12)4-8(11(17)18)10(6)19-5-9-13-15-16(2)14-9/h3-4H,5H2,1-2H3,(H,17,18). The largest absolute Gasteiger partial charge is 0.484 e. The summed E-state index contributed by atoms with van der Waals surface area (Å²) in [4.78, 5) is 12.5. The highest BCUT2D eigenvalue weighted by Crippen LogP contribution is 2.28.